The number of carbonyl (C=O) groups excluding carboxylic acids is 1. The maximum Gasteiger partial charge on any atom is 0.414 e. The van der Waals surface area contributed by atoms with E-state index < -0.39 is 5.97 Å². The lowest BCUT2D eigenvalue weighted by atomic mass is 9.85. The molecule has 1 aromatic heterocycles. The van der Waals surface area contributed by atoms with Gasteiger partial charge in [0.15, 0.2) is 0 Å². The van der Waals surface area contributed by atoms with E-state index in [0.29, 0.717) is 6.42 Å². The van der Waals surface area contributed by atoms with Crippen LogP contribution in [-0.4, -0.2) is 52.6 Å². The molecule has 34 heavy (non-hydrogen) atoms. The van der Waals surface area contributed by atoms with E-state index in [1.165, 1.54) is 7.11 Å². The number of hydrogen-bond acceptors (Lipinski definition) is 5. The molecule has 184 valence electrons. The van der Waals surface area contributed by atoms with E-state index in [9.17, 15) is 14.7 Å². The third-order valence-corrected chi connectivity index (χ3v) is 7.97. The Morgan fingerprint density at radius 3 is 2.79 bits per heavy atom. The minimum atomic E-state index is -0.699. The van der Waals surface area contributed by atoms with Crippen LogP contribution in [0.4, 0.5) is 10.5 Å². The van der Waals surface area contributed by atoms with Crippen LogP contribution in [0, 0.1) is 5.92 Å². The molecule has 5 rings (SSSR count). The number of benzene rings is 1. The van der Waals surface area contributed by atoms with Crippen LogP contribution in [0.1, 0.15) is 75.7 Å². The van der Waals surface area contributed by atoms with Crippen molar-refractivity contribution in [3.8, 4) is 0 Å². The summed E-state index contributed by atoms with van der Waals surface area (Å²) in [6.45, 7) is 2.88. The van der Waals surface area contributed by atoms with Gasteiger partial charge >= 0.3 is 12.1 Å². The first-order valence-electron chi connectivity index (χ1n) is 12.7. The maximum absolute atomic E-state index is 12.6. The van der Waals surface area contributed by atoms with Crippen LogP contribution in [0.5, 0.6) is 0 Å². The lowest BCUT2D eigenvalue weighted by Crippen LogP contribution is -2.42. The number of aliphatic carboxylic acids is 1. The summed E-state index contributed by atoms with van der Waals surface area (Å²) in [7, 11) is 1.42. The number of methoxy groups -OCH3 is 1. The predicted octanol–water partition coefficient (Wildman–Crippen LogP) is 4.87. The fraction of sp³-hybridized carbons (Fsp3) is 0.654. The van der Waals surface area contributed by atoms with E-state index in [4.69, 9.17) is 14.5 Å². The molecule has 2 fully saturated rings. The number of aromatic nitrogens is 2. The average molecular weight is 470 g/mol. The van der Waals surface area contributed by atoms with Gasteiger partial charge in [-0.25, -0.2) is 9.78 Å². The third kappa shape index (κ3) is 4.17. The second kappa shape index (κ2) is 9.56. The Hall–Kier alpha value is -2.61. The Labute approximate surface area is 200 Å². The first kappa shape index (κ1) is 23.1. The van der Waals surface area contributed by atoms with Crippen LogP contribution in [0.3, 0.4) is 0 Å². The van der Waals surface area contributed by atoms with Gasteiger partial charge in [-0.2, -0.15) is 0 Å². The molecule has 2 aromatic rings. The van der Waals surface area contributed by atoms with Crippen LogP contribution in [0.2, 0.25) is 0 Å². The number of aryl methyl sites for hydroxylation is 2. The van der Waals surface area contributed by atoms with Crippen LogP contribution < -0.4 is 4.90 Å². The minimum absolute atomic E-state index is 0.0631. The van der Waals surface area contributed by atoms with E-state index in [0.717, 1.165) is 92.5 Å². The molecule has 8 heteroatoms. The zero-order chi connectivity index (χ0) is 23.8. The quantitative estimate of drug-likeness (QED) is 0.671. The number of carbonyl (C=O) groups is 2. The molecule has 2 unspecified atom stereocenters. The number of amides is 1. The van der Waals surface area contributed by atoms with Crippen molar-refractivity contribution in [2.75, 3.05) is 18.6 Å². The van der Waals surface area contributed by atoms with Gasteiger partial charge in [0.05, 0.1) is 35.9 Å². The fourth-order valence-corrected chi connectivity index (χ4v) is 6.19. The zero-order valence-electron chi connectivity index (χ0n) is 20.2. The van der Waals surface area contributed by atoms with Crippen molar-refractivity contribution in [3.05, 3.63) is 23.5 Å². The van der Waals surface area contributed by atoms with E-state index in [-0.39, 0.29) is 30.2 Å². The largest absolute Gasteiger partial charge is 0.481 e. The third-order valence-electron chi connectivity index (χ3n) is 7.97. The van der Waals surface area contributed by atoms with Gasteiger partial charge in [0, 0.05) is 30.7 Å². The van der Waals surface area contributed by atoms with Crippen LogP contribution >= 0.6 is 0 Å². The number of imidazole rings is 1. The monoisotopic (exact) mass is 469 g/mol. The molecule has 1 saturated heterocycles. The molecular weight excluding hydrogens is 434 g/mol. The summed E-state index contributed by atoms with van der Waals surface area (Å²) in [6.07, 6.45) is 8.81. The van der Waals surface area contributed by atoms with Crippen molar-refractivity contribution in [2.45, 2.75) is 89.3 Å². The molecule has 1 amide bonds. The number of carboxylic acids is 1. The molecule has 8 nitrogen and oxygen atoms in total. The summed E-state index contributed by atoms with van der Waals surface area (Å²) in [5, 5.41) is 9.68. The van der Waals surface area contributed by atoms with E-state index in [2.05, 4.69) is 10.6 Å². The molecule has 4 atom stereocenters. The van der Waals surface area contributed by atoms with E-state index in [1.54, 1.807) is 4.90 Å². The number of fused-ring (bicyclic) bond motifs is 3. The van der Waals surface area contributed by atoms with Gasteiger partial charge in [0.25, 0.3) is 0 Å². The lowest BCUT2D eigenvalue weighted by Gasteiger charge is -2.34. The van der Waals surface area contributed by atoms with Crippen molar-refractivity contribution in [2.24, 2.45) is 5.92 Å². The smallest absolute Gasteiger partial charge is 0.414 e. The summed E-state index contributed by atoms with van der Waals surface area (Å²) in [5.41, 5.74) is 3.96. The lowest BCUT2D eigenvalue weighted by molar-refractivity contribution is -0.143. The van der Waals surface area contributed by atoms with Crippen LogP contribution in [-0.2, 0) is 27.1 Å². The highest BCUT2D eigenvalue weighted by molar-refractivity contribution is 5.95. The van der Waals surface area contributed by atoms with E-state index in [1.807, 2.05) is 13.0 Å². The highest BCUT2D eigenvalue weighted by Crippen LogP contribution is 2.41. The van der Waals surface area contributed by atoms with Crippen LogP contribution in [0.15, 0.2) is 12.1 Å². The van der Waals surface area contributed by atoms with Gasteiger partial charge < -0.3 is 19.1 Å². The maximum atomic E-state index is 12.6. The Balaban J connectivity index is 1.57. The van der Waals surface area contributed by atoms with Gasteiger partial charge in [-0.05, 0) is 70.4 Å². The molecule has 1 aromatic carbocycles. The van der Waals surface area contributed by atoms with Crippen molar-refractivity contribution in [1.29, 1.82) is 0 Å². The molecule has 3 aliphatic rings. The predicted molar refractivity (Wildman–Crippen MR) is 128 cm³/mol. The van der Waals surface area contributed by atoms with Crippen molar-refractivity contribution in [1.82, 2.24) is 9.55 Å². The summed E-state index contributed by atoms with van der Waals surface area (Å²) in [4.78, 5) is 31.2. The first-order valence-corrected chi connectivity index (χ1v) is 12.7. The average Bonchev–Trinajstić information content (AvgIpc) is 3.49. The number of anilines is 1. The fourth-order valence-electron chi connectivity index (χ4n) is 6.19. The van der Waals surface area contributed by atoms with Crippen molar-refractivity contribution >= 4 is 28.8 Å². The normalized spacial score (nSPS) is 27.1. The zero-order valence-corrected chi connectivity index (χ0v) is 20.2. The summed E-state index contributed by atoms with van der Waals surface area (Å²) >= 11 is 0. The van der Waals surface area contributed by atoms with Crippen molar-refractivity contribution in [3.63, 3.8) is 0 Å². The van der Waals surface area contributed by atoms with Gasteiger partial charge in [-0.3, -0.25) is 9.69 Å². The highest BCUT2D eigenvalue weighted by atomic mass is 16.5. The molecule has 1 saturated carbocycles. The number of nitrogens with zero attached hydrogens (tertiary/aromatic N) is 3. The van der Waals surface area contributed by atoms with Crippen LogP contribution in [0.25, 0.3) is 11.0 Å². The highest BCUT2D eigenvalue weighted by Gasteiger charge is 2.34. The molecular formula is C26H35N3O5. The second-order valence-corrected chi connectivity index (χ2v) is 10.1. The van der Waals surface area contributed by atoms with Gasteiger partial charge in [0.2, 0.25) is 0 Å². The Kier molecular flexibility index (Phi) is 6.51. The van der Waals surface area contributed by atoms with Crippen molar-refractivity contribution < 1.29 is 24.2 Å². The first-order chi connectivity index (χ1) is 16.5. The van der Waals surface area contributed by atoms with E-state index >= 15 is 0 Å². The SMILES string of the molecule is COC(=O)N1c2ccc3c(nc(CCC4CCCO4)n3[C@@H]3CCC[C@H](C(=O)O)C3)c2CCC1C. The summed E-state index contributed by atoms with van der Waals surface area (Å²) < 4.78 is 13.3. The number of carboxylic acid groups (broad SMARTS) is 1. The van der Waals surface area contributed by atoms with Gasteiger partial charge in [-0.1, -0.05) is 6.42 Å². The number of rotatable bonds is 5. The molecule has 0 spiro atoms. The summed E-state index contributed by atoms with van der Waals surface area (Å²) in [6, 6.07) is 4.27. The Morgan fingerprint density at radius 1 is 1.21 bits per heavy atom. The Morgan fingerprint density at radius 2 is 2.06 bits per heavy atom. The molecule has 2 aliphatic heterocycles. The summed E-state index contributed by atoms with van der Waals surface area (Å²) in [5.74, 6) is 0.00352. The molecule has 1 aliphatic carbocycles. The molecule has 0 radical (unpaired) electrons. The topological polar surface area (TPSA) is 93.9 Å². The standard InChI is InChI=1S/C26H35N3O5/c1-16-8-10-20-21(28(16)26(32)33-2)11-12-22-24(20)27-23(13-9-19-7-4-14-34-19)29(22)18-6-3-5-17(15-18)25(30)31/h11-12,16-19H,3-10,13-15H2,1-2H3,(H,30,31)/t16?,17-,18+,19?/m0/s1. The van der Waals surface area contributed by atoms with Gasteiger partial charge in [-0.15, -0.1) is 0 Å². The Bertz CT molecular complexity index is 1070. The molecule has 3 heterocycles. The molecule has 0 bridgehead atoms. The number of ether oxygens (including phenoxy) is 2. The minimum Gasteiger partial charge on any atom is -0.481 e. The van der Waals surface area contributed by atoms with Gasteiger partial charge in [0.1, 0.15) is 5.82 Å². The second-order valence-electron chi connectivity index (χ2n) is 10.1. The molecule has 1 N–H and O–H groups in total. The number of hydrogen-bond donors (Lipinski definition) is 1.